The largest absolute Gasteiger partial charge is 0.508 e. The summed E-state index contributed by atoms with van der Waals surface area (Å²) in [6.07, 6.45) is 2.63. The molecule has 172 valence electrons. The van der Waals surface area contributed by atoms with Gasteiger partial charge < -0.3 is 20.1 Å². The van der Waals surface area contributed by atoms with Gasteiger partial charge in [0.25, 0.3) is 5.91 Å². The van der Waals surface area contributed by atoms with Crippen LogP contribution in [0.15, 0.2) is 66.7 Å². The van der Waals surface area contributed by atoms with Gasteiger partial charge in [0.1, 0.15) is 5.75 Å². The van der Waals surface area contributed by atoms with Crippen LogP contribution in [-0.2, 0) is 10.2 Å². The Morgan fingerprint density at radius 2 is 1.91 bits per heavy atom. The van der Waals surface area contributed by atoms with Gasteiger partial charge in [-0.25, -0.2) is 0 Å². The van der Waals surface area contributed by atoms with Crippen LogP contribution in [-0.4, -0.2) is 55.3 Å². The highest BCUT2D eigenvalue weighted by molar-refractivity contribution is 5.98. The number of benzene rings is 3. The fraction of sp³-hybridized carbons (Fsp3) is 0.393. The quantitative estimate of drug-likeness (QED) is 0.628. The summed E-state index contributed by atoms with van der Waals surface area (Å²) in [5.41, 5.74) is 1.68. The van der Waals surface area contributed by atoms with Crippen LogP contribution in [0.2, 0.25) is 0 Å². The van der Waals surface area contributed by atoms with Gasteiger partial charge in [-0.15, -0.1) is 0 Å². The second-order valence-electron chi connectivity index (χ2n) is 9.77. The Kier molecular flexibility index (Phi) is 5.85. The average Bonchev–Trinajstić information content (AvgIpc) is 2.83. The van der Waals surface area contributed by atoms with Crippen molar-refractivity contribution >= 4 is 16.7 Å². The topological polar surface area (TPSA) is 61.8 Å². The first-order valence-corrected chi connectivity index (χ1v) is 11.8. The molecule has 4 atom stereocenters. The van der Waals surface area contributed by atoms with E-state index in [0.29, 0.717) is 11.5 Å². The number of amides is 1. The number of ether oxygens (including phenoxy) is 1. The Morgan fingerprint density at radius 1 is 1.09 bits per heavy atom. The number of phenols is 1. The third-order valence-electron chi connectivity index (χ3n) is 7.80. The van der Waals surface area contributed by atoms with Crippen molar-refractivity contribution in [1.82, 2.24) is 10.2 Å². The molecule has 1 saturated heterocycles. The number of carbonyl (C=O) groups is 1. The van der Waals surface area contributed by atoms with Crippen LogP contribution in [0.4, 0.5) is 0 Å². The van der Waals surface area contributed by atoms with Gasteiger partial charge in [-0.1, -0.05) is 42.5 Å². The lowest BCUT2D eigenvalue weighted by atomic mass is 9.57. The third-order valence-corrected chi connectivity index (χ3v) is 7.80. The van der Waals surface area contributed by atoms with E-state index in [-0.39, 0.29) is 29.2 Å². The molecule has 0 spiro atoms. The predicted octanol–water partition coefficient (Wildman–Crippen LogP) is 4.34. The van der Waals surface area contributed by atoms with Crippen molar-refractivity contribution in [2.45, 2.75) is 36.8 Å². The zero-order valence-corrected chi connectivity index (χ0v) is 19.3. The minimum atomic E-state index is -0.147. The molecular formula is C28H32N2O3. The smallest absolute Gasteiger partial charge is 0.251 e. The zero-order valence-electron chi connectivity index (χ0n) is 19.3. The molecule has 3 aromatic rings. The van der Waals surface area contributed by atoms with Crippen molar-refractivity contribution in [2.75, 3.05) is 27.2 Å². The fourth-order valence-electron chi connectivity index (χ4n) is 6.13. The second kappa shape index (κ2) is 8.81. The summed E-state index contributed by atoms with van der Waals surface area (Å²) in [7, 11) is 3.94. The fourth-order valence-corrected chi connectivity index (χ4v) is 6.13. The number of fused-ring (bicyclic) bond motifs is 2. The number of phenolic OH excluding ortho intramolecular Hbond substituents is 1. The van der Waals surface area contributed by atoms with Gasteiger partial charge >= 0.3 is 0 Å². The molecule has 33 heavy (non-hydrogen) atoms. The Hall–Kier alpha value is -2.89. The monoisotopic (exact) mass is 444 g/mol. The number of aromatic hydroxyl groups is 1. The Morgan fingerprint density at radius 3 is 2.70 bits per heavy atom. The molecule has 1 saturated carbocycles. The molecule has 1 aliphatic carbocycles. The third kappa shape index (κ3) is 4.11. The number of hydrogen-bond donors (Lipinski definition) is 2. The molecule has 2 fully saturated rings. The molecule has 1 unspecified atom stereocenters. The van der Waals surface area contributed by atoms with Crippen LogP contribution in [0, 0.1) is 5.92 Å². The molecule has 1 heterocycles. The van der Waals surface area contributed by atoms with Gasteiger partial charge in [0.05, 0.1) is 6.10 Å². The number of hydrogen-bond acceptors (Lipinski definition) is 4. The molecule has 0 bridgehead atoms. The summed E-state index contributed by atoms with van der Waals surface area (Å²) in [5.74, 6) is 0.547. The van der Waals surface area contributed by atoms with Gasteiger partial charge in [-0.05, 0) is 73.5 Å². The SMILES string of the molecule is COC1C[C@H](NC(=O)c2ccc3ccccc3c2)C[C@]2(c3cccc(O)c3)CCN(C)C[C@@H]12. The number of nitrogens with one attached hydrogen (secondary N) is 1. The van der Waals surface area contributed by atoms with Gasteiger partial charge in [0, 0.05) is 36.6 Å². The second-order valence-corrected chi connectivity index (χ2v) is 9.77. The highest BCUT2D eigenvalue weighted by Crippen LogP contribution is 2.50. The molecule has 2 aliphatic rings. The highest BCUT2D eigenvalue weighted by Gasteiger charge is 2.52. The number of likely N-dealkylation sites (tertiary alicyclic amines) is 1. The lowest BCUT2D eigenvalue weighted by Crippen LogP contribution is -2.60. The van der Waals surface area contributed by atoms with E-state index in [1.54, 1.807) is 13.2 Å². The average molecular weight is 445 g/mol. The van der Waals surface area contributed by atoms with Crippen molar-refractivity contribution in [3.63, 3.8) is 0 Å². The van der Waals surface area contributed by atoms with Crippen LogP contribution in [0.5, 0.6) is 5.75 Å². The zero-order chi connectivity index (χ0) is 23.0. The van der Waals surface area contributed by atoms with Crippen molar-refractivity contribution in [3.05, 3.63) is 77.9 Å². The minimum Gasteiger partial charge on any atom is -0.508 e. The van der Waals surface area contributed by atoms with Crippen molar-refractivity contribution in [1.29, 1.82) is 0 Å². The summed E-state index contributed by atoms with van der Waals surface area (Å²) < 4.78 is 6.02. The molecule has 0 aromatic heterocycles. The van der Waals surface area contributed by atoms with Gasteiger partial charge in [0.2, 0.25) is 0 Å². The van der Waals surface area contributed by atoms with Gasteiger partial charge in [-0.2, -0.15) is 0 Å². The molecule has 2 N–H and O–H groups in total. The first kappa shape index (κ1) is 21.9. The molecule has 5 nitrogen and oxygen atoms in total. The summed E-state index contributed by atoms with van der Waals surface area (Å²) >= 11 is 0. The number of nitrogens with zero attached hydrogens (tertiary/aromatic N) is 1. The van der Waals surface area contributed by atoms with E-state index in [1.807, 2.05) is 48.5 Å². The number of rotatable bonds is 4. The molecular weight excluding hydrogens is 412 g/mol. The van der Waals surface area contributed by atoms with E-state index in [4.69, 9.17) is 4.74 Å². The maximum absolute atomic E-state index is 13.3. The molecule has 1 aliphatic heterocycles. The van der Waals surface area contributed by atoms with E-state index >= 15 is 0 Å². The Labute approximate surface area is 195 Å². The standard InChI is InChI=1S/C28H32N2O3/c1-30-13-12-28(22-8-5-9-24(31)15-22)17-23(16-26(33-2)25(28)18-30)29-27(32)21-11-10-19-6-3-4-7-20(19)14-21/h3-11,14-15,23,25-26,31H,12-13,16-18H2,1-2H3,(H,29,32)/t23-,25-,26?,28-/m0/s1. The molecule has 1 amide bonds. The lowest BCUT2D eigenvalue weighted by Gasteiger charge is -2.55. The summed E-state index contributed by atoms with van der Waals surface area (Å²) in [4.78, 5) is 15.6. The van der Waals surface area contributed by atoms with Crippen LogP contribution in [0.1, 0.15) is 35.2 Å². The summed E-state index contributed by atoms with van der Waals surface area (Å²) in [6.45, 7) is 1.92. The minimum absolute atomic E-state index is 0.00377. The van der Waals surface area contributed by atoms with Crippen molar-refractivity contribution in [3.8, 4) is 5.75 Å². The van der Waals surface area contributed by atoms with Gasteiger partial charge in [0.15, 0.2) is 0 Å². The van der Waals surface area contributed by atoms with Gasteiger partial charge in [-0.3, -0.25) is 4.79 Å². The molecule has 5 heteroatoms. The van der Waals surface area contributed by atoms with E-state index in [0.717, 1.165) is 48.7 Å². The van der Waals surface area contributed by atoms with E-state index in [2.05, 4.69) is 29.4 Å². The molecule has 0 radical (unpaired) electrons. The van der Waals surface area contributed by atoms with Crippen LogP contribution < -0.4 is 5.32 Å². The Balaban J connectivity index is 1.45. The van der Waals surface area contributed by atoms with E-state index < -0.39 is 0 Å². The summed E-state index contributed by atoms with van der Waals surface area (Å²) in [6, 6.07) is 21.6. The van der Waals surface area contributed by atoms with E-state index in [9.17, 15) is 9.90 Å². The maximum Gasteiger partial charge on any atom is 0.251 e. The molecule has 3 aromatic carbocycles. The first-order valence-electron chi connectivity index (χ1n) is 11.8. The molecule has 5 rings (SSSR count). The first-order chi connectivity index (χ1) is 16.0. The van der Waals surface area contributed by atoms with E-state index in [1.165, 1.54) is 0 Å². The van der Waals surface area contributed by atoms with Crippen molar-refractivity contribution < 1.29 is 14.6 Å². The Bertz CT molecular complexity index is 1160. The summed E-state index contributed by atoms with van der Waals surface area (Å²) in [5, 5.41) is 15.8. The normalized spacial score (nSPS) is 27.8. The lowest BCUT2D eigenvalue weighted by molar-refractivity contribution is -0.0629. The number of methoxy groups -OCH3 is 1. The van der Waals surface area contributed by atoms with Crippen LogP contribution >= 0.6 is 0 Å². The van der Waals surface area contributed by atoms with Crippen LogP contribution in [0.3, 0.4) is 0 Å². The number of carbonyl (C=O) groups excluding carboxylic acids is 1. The van der Waals surface area contributed by atoms with Crippen molar-refractivity contribution in [2.24, 2.45) is 5.92 Å². The van der Waals surface area contributed by atoms with Crippen LogP contribution in [0.25, 0.3) is 10.8 Å². The number of piperidine rings is 1. The maximum atomic E-state index is 13.3. The highest BCUT2D eigenvalue weighted by atomic mass is 16.5. The predicted molar refractivity (Wildman–Crippen MR) is 131 cm³/mol.